The SMILES string of the molecule is CCOC(=O)C1CNCCN1C(=O)c1ccc([N+](=O)[O-])[nH]1. The lowest BCUT2D eigenvalue weighted by atomic mass is 10.1. The highest BCUT2D eigenvalue weighted by molar-refractivity contribution is 5.96. The number of nitrogens with zero attached hydrogens (tertiary/aromatic N) is 2. The number of H-pyrrole nitrogens is 1. The number of hydrogen-bond donors (Lipinski definition) is 2. The number of piperazine rings is 1. The van der Waals surface area contributed by atoms with E-state index in [1.807, 2.05) is 0 Å². The Morgan fingerprint density at radius 3 is 2.90 bits per heavy atom. The molecule has 114 valence electrons. The predicted octanol–water partition coefficient (Wildman–Crippen LogP) is -0.1000. The number of aromatic nitrogens is 1. The van der Waals surface area contributed by atoms with Crippen molar-refractivity contribution in [3.05, 3.63) is 27.9 Å². The number of ether oxygens (including phenoxy) is 1. The molecular weight excluding hydrogens is 280 g/mol. The standard InChI is InChI=1S/C12H16N4O5/c1-2-21-12(18)9-7-13-5-6-15(9)11(17)8-3-4-10(14-8)16(19)20/h3-4,9,13-14H,2,5-7H2,1H3. The summed E-state index contributed by atoms with van der Waals surface area (Å²) in [6, 6.07) is 1.83. The fourth-order valence-corrected chi connectivity index (χ4v) is 2.17. The number of nitrogens with one attached hydrogen (secondary N) is 2. The van der Waals surface area contributed by atoms with Crippen LogP contribution in [-0.2, 0) is 9.53 Å². The third-order valence-electron chi connectivity index (χ3n) is 3.16. The summed E-state index contributed by atoms with van der Waals surface area (Å²) in [5, 5.41) is 13.7. The van der Waals surface area contributed by atoms with Gasteiger partial charge < -0.3 is 25.1 Å². The number of carbonyl (C=O) groups excluding carboxylic acids is 2. The fourth-order valence-electron chi connectivity index (χ4n) is 2.17. The van der Waals surface area contributed by atoms with E-state index in [9.17, 15) is 19.7 Å². The molecule has 21 heavy (non-hydrogen) atoms. The topological polar surface area (TPSA) is 118 Å². The Hall–Kier alpha value is -2.42. The van der Waals surface area contributed by atoms with Crippen molar-refractivity contribution in [2.75, 3.05) is 26.2 Å². The van der Waals surface area contributed by atoms with E-state index < -0.39 is 22.8 Å². The van der Waals surface area contributed by atoms with Crippen molar-refractivity contribution in [2.24, 2.45) is 0 Å². The van der Waals surface area contributed by atoms with Gasteiger partial charge in [0.15, 0.2) is 5.69 Å². The molecule has 0 saturated carbocycles. The molecule has 1 atom stereocenters. The molecule has 0 spiro atoms. The van der Waals surface area contributed by atoms with Gasteiger partial charge in [-0.3, -0.25) is 4.79 Å². The van der Waals surface area contributed by atoms with Crippen molar-refractivity contribution in [1.29, 1.82) is 0 Å². The molecule has 1 aliphatic heterocycles. The molecule has 2 heterocycles. The van der Waals surface area contributed by atoms with E-state index in [0.717, 1.165) is 0 Å². The van der Waals surface area contributed by atoms with Crippen molar-refractivity contribution >= 4 is 17.7 Å². The lowest BCUT2D eigenvalue weighted by Gasteiger charge is -2.33. The Balaban J connectivity index is 2.17. The van der Waals surface area contributed by atoms with Gasteiger partial charge in [-0.2, -0.15) is 0 Å². The summed E-state index contributed by atoms with van der Waals surface area (Å²) in [4.78, 5) is 38.1. The summed E-state index contributed by atoms with van der Waals surface area (Å²) in [5.41, 5.74) is 0.0814. The van der Waals surface area contributed by atoms with Crippen LogP contribution in [0.3, 0.4) is 0 Å². The molecular formula is C12H16N4O5. The van der Waals surface area contributed by atoms with Crippen LogP contribution in [0.15, 0.2) is 12.1 Å². The Morgan fingerprint density at radius 1 is 1.52 bits per heavy atom. The second kappa shape index (κ2) is 6.35. The van der Waals surface area contributed by atoms with Crippen LogP contribution in [0.1, 0.15) is 17.4 Å². The van der Waals surface area contributed by atoms with E-state index in [4.69, 9.17) is 4.74 Å². The molecule has 0 bridgehead atoms. The normalized spacial score (nSPS) is 18.3. The largest absolute Gasteiger partial charge is 0.464 e. The Morgan fingerprint density at radius 2 is 2.29 bits per heavy atom. The maximum atomic E-state index is 12.4. The van der Waals surface area contributed by atoms with Crippen LogP contribution in [0.2, 0.25) is 0 Å². The Labute approximate surface area is 120 Å². The van der Waals surface area contributed by atoms with Crippen molar-refractivity contribution in [1.82, 2.24) is 15.2 Å². The number of carbonyl (C=O) groups is 2. The van der Waals surface area contributed by atoms with Gasteiger partial charge in [0, 0.05) is 25.7 Å². The average molecular weight is 296 g/mol. The molecule has 1 aromatic rings. The first-order chi connectivity index (χ1) is 10.0. The first-order valence-corrected chi connectivity index (χ1v) is 6.56. The van der Waals surface area contributed by atoms with Gasteiger partial charge in [-0.25, -0.2) is 9.78 Å². The average Bonchev–Trinajstić information content (AvgIpc) is 2.97. The van der Waals surface area contributed by atoms with E-state index >= 15 is 0 Å². The minimum absolute atomic E-state index is 0.0814. The molecule has 0 aliphatic carbocycles. The molecule has 2 rings (SSSR count). The second-order valence-electron chi connectivity index (χ2n) is 4.48. The minimum Gasteiger partial charge on any atom is -0.464 e. The predicted molar refractivity (Wildman–Crippen MR) is 71.8 cm³/mol. The highest BCUT2D eigenvalue weighted by atomic mass is 16.6. The van der Waals surface area contributed by atoms with Gasteiger partial charge in [0.25, 0.3) is 5.91 Å². The maximum Gasteiger partial charge on any atom is 0.330 e. The number of aromatic amines is 1. The van der Waals surface area contributed by atoms with Gasteiger partial charge in [-0.05, 0) is 17.9 Å². The fraction of sp³-hybridized carbons (Fsp3) is 0.500. The van der Waals surface area contributed by atoms with Crippen LogP contribution in [0.25, 0.3) is 0 Å². The molecule has 2 N–H and O–H groups in total. The Kier molecular flexibility index (Phi) is 4.53. The molecule has 1 aromatic heterocycles. The third-order valence-corrected chi connectivity index (χ3v) is 3.16. The summed E-state index contributed by atoms with van der Waals surface area (Å²) in [6.07, 6.45) is 0. The summed E-state index contributed by atoms with van der Waals surface area (Å²) >= 11 is 0. The van der Waals surface area contributed by atoms with Crippen molar-refractivity contribution < 1.29 is 19.2 Å². The quantitative estimate of drug-likeness (QED) is 0.455. The van der Waals surface area contributed by atoms with Crippen molar-refractivity contribution in [2.45, 2.75) is 13.0 Å². The van der Waals surface area contributed by atoms with Gasteiger partial charge in [-0.15, -0.1) is 0 Å². The number of rotatable bonds is 4. The summed E-state index contributed by atoms with van der Waals surface area (Å²) in [7, 11) is 0. The van der Waals surface area contributed by atoms with E-state index in [1.54, 1.807) is 6.92 Å². The van der Waals surface area contributed by atoms with Gasteiger partial charge in [0.2, 0.25) is 0 Å². The van der Waals surface area contributed by atoms with Gasteiger partial charge >= 0.3 is 11.8 Å². The van der Waals surface area contributed by atoms with Crippen LogP contribution >= 0.6 is 0 Å². The lowest BCUT2D eigenvalue weighted by molar-refractivity contribution is -0.389. The summed E-state index contributed by atoms with van der Waals surface area (Å²) in [6.45, 7) is 3.09. The molecule has 0 aromatic carbocycles. The molecule has 1 fully saturated rings. The first-order valence-electron chi connectivity index (χ1n) is 6.56. The molecule has 1 amide bonds. The first kappa shape index (κ1) is 15.0. The molecule has 1 aliphatic rings. The zero-order valence-electron chi connectivity index (χ0n) is 11.5. The van der Waals surface area contributed by atoms with Gasteiger partial charge in [0.1, 0.15) is 6.04 Å². The van der Waals surface area contributed by atoms with Crippen LogP contribution in [0.4, 0.5) is 5.82 Å². The summed E-state index contributed by atoms with van der Waals surface area (Å²) < 4.78 is 4.95. The highest BCUT2D eigenvalue weighted by Gasteiger charge is 2.35. The van der Waals surface area contributed by atoms with Crippen molar-refractivity contribution in [3.8, 4) is 0 Å². The molecule has 1 saturated heterocycles. The van der Waals surface area contributed by atoms with Crippen LogP contribution in [0.5, 0.6) is 0 Å². The highest BCUT2D eigenvalue weighted by Crippen LogP contribution is 2.15. The smallest absolute Gasteiger partial charge is 0.330 e. The second-order valence-corrected chi connectivity index (χ2v) is 4.48. The molecule has 0 radical (unpaired) electrons. The number of amides is 1. The molecule has 9 heteroatoms. The van der Waals surface area contributed by atoms with E-state index in [0.29, 0.717) is 19.6 Å². The maximum absolute atomic E-state index is 12.4. The van der Waals surface area contributed by atoms with Crippen molar-refractivity contribution in [3.63, 3.8) is 0 Å². The van der Waals surface area contributed by atoms with E-state index in [2.05, 4.69) is 10.3 Å². The zero-order chi connectivity index (χ0) is 15.4. The third kappa shape index (κ3) is 3.19. The number of hydrogen-bond acceptors (Lipinski definition) is 6. The van der Waals surface area contributed by atoms with E-state index in [-0.39, 0.29) is 18.1 Å². The lowest BCUT2D eigenvalue weighted by Crippen LogP contribution is -2.57. The Bertz CT molecular complexity index is 556. The van der Waals surface area contributed by atoms with Crippen LogP contribution in [-0.4, -0.2) is 59.0 Å². The number of esters is 1. The zero-order valence-corrected chi connectivity index (χ0v) is 11.5. The number of nitro groups is 1. The minimum atomic E-state index is -0.728. The van der Waals surface area contributed by atoms with Gasteiger partial charge in [-0.1, -0.05) is 0 Å². The summed E-state index contributed by atoms with van der Waals surface area (Å²) in [5.74, 6) is -1.21. The molecule has 9 nitrogen and oxygen atoms in total. The van der Waals surface area contributed by atoms with Gasteiger partial charge in [0.05, 0.1) is 6.61 Å². The van der Waals surface area contributed by atoms with E-state index in [1.165, 1.54) is 17.0 Å². The van der Waals surface area contributed by atoms with Crippen LogP contribution < -0.4 is 5.32 Å². The van der Waals surface area contributed by atoms with Crippen LogP contribution in [0, 0.1) is 10.1 Å². The monoisotopic (exact) mass is 296 g/mol. The molecule has 1 unspecified atom stereocenters.